The number of aliphatic hydroxyl groups excluding tert-OH is 1. The molecule has 3 rings (SSSR count). The number of aryl methyl sites for hydroxylation is 1. The number of carbonyl (C=O) groups excluding carboxylic acids is 1. The summed E-state index contributed by atoms with van der Waals surface area (Å²) in [5.74, 6) is 0.786. The molecule has 2 N–H and O–H groups in total. The lowest BCUT2D eigenvalue weighted by molar-refractivity contribution is -0.118. The molecular formula is C19H19NO2S. The topological polar surface area (TPSA) is 49.3 Å². The summed E-state index contributed by atoms with van der Waals surface area (Å²) in [5.41, 5.74) is 2.25. The summed E-state index contributed by atoms with van der Waals surface area (Å²) in [7, 11) is 0. The summed E-state index contributed by atoms with van der Waals surface area (Å²) in [5, 5.41) is 13.3. The van der Waals surface area contributed by atoms with Crippen molar-refractivity contribution in [2.45, 2.75) is 18.9 Å². The van der Waals surface area contributed by atoms with Gasteiger partial charge in [-0.3, -0.25) is 4.79 Å². The molecule has 0 bridgehead atoms. The van der Waals surface area contributed by atoms with Crippen LogP contribution in [0.1, 0.15) is 23.6 Å². The molecule has 1 heterocycles. The van der Waals surface area contributed by atoms with Gasteiger partial charge in [-0.05, 0) is 17.5 Å². The molecule has 1 unspecified atom stereocenters. The van der Waals surface area contributed by atoms with Crippen LogP contribution in [-0.4, -0.2) is 16.8 Å². The van der Waals surface area contributed by atoms with E-state index in [1.807, 2.05) is 48.5 Å². The second kappa shape index (κ2) is 7.38. The Morgan fingerprint density at radius 3 is 2.35 bits per heavy atom. The van der Waals surface area contributed by atoms with E-state index in [0.29, 0.717) is 11.3 Å². The van der Waals surface area contributed by atoms with Crippen LogP contribution in [0.25, 0.3) is 0 Å². The lowest BCUT2D eigenvalue weighted by Gasteiger charge is -2.25. The Bertz CT molecular complexity index is 698. The van der Waals surface area contributed by atoms with Crippen LogP contribution in [0.3, 0.4) is 0 Å². The van der Waals surface area contributed by atoms with Crippen LogP contribution in [-0.2, 0) is 11.2 Å². The van der Waals surface area contributed by atoms with Crippen molar-refractivity contribution in [3.63, 3.8) is 0 Å². The molecule has 3 nitrogen and oxygen atoms in total. The normalized spacial score (nSPS) is 17.9. The van der Waals surface area contributed by atoms with Gasteiger partial charge in [-0.15, -0.1) is 11.8 Å². The summed E-state index contributed by atoms with van der Waals surface area (Å²) >= 11 is 1.42. The molecule has 1 atom stereocenters. The number of nitrogens with one attached hydrogen (secondary N) is 1. The van der Waals surface area contributed by atoms with Crippen molar-refractivity contribution in [3.05, 3.63) is 82.5 Å². The number of thioether (sulfide) groups is 1. The van der Waals surface area contributed by atoms with Crippen LogP contribution in [0.2, 0.25) is 0 Å². The Morgan fingerprint density at radius 1 is 1.04 bits per heavy atom. The average molecular weight is 325 g/mol. The molecule has 2 aromatic carbocycles. The van der Waals surface area contributed by atoms with Crippen LogP contribution in [0.15, 0.2) is 71.3 Å². The first kappa shape index (κ1) is 15.7. The SMILES string of the molecule is O=C1NC(c2ccccc2)CC(O)=C1SCCc1ccccc1. The second-order valence-corrected chi connectivity index (χ2v) is 6.61. The smallest absolute Gasteiger partial charge is 0.261 e. The number of hydrogen-bond acceptors (Lipinski definition) is 3. The van der Waals surface area contributed by atoms with Gasteiger partial charge in [0.1, 0.15) is 10.7 Å². The van der Waals surface area contributed by atoms with Gasteiger partial charge in [-0.25, -0.2) is 0 Å². The molecule has 118 valence electrons. The van der Waals surface area contributed by atoms with E-state index in [0.717, 1.165) is 17.7 Å². The first-order valence-corrected chi connectivity index (χ1v) is 8.67. The summed E-state index contributed by atoms with van der Waals surface area (Å²) < 4.78 is 0. The molecule has 0 aromatic heterocycles. The highest BCUT2D eigenvalue weighted by Gasteiger charge is 2.27. The van der Waals surface area contributed by atoms with Crippen molar-refractivity contribution in [2.75, 3.05) is 5.75 Å². The van der Waals surface area contributed by atoms with E-state index in [-0.39, 0.29) is 17.7 Å². The Labute approximate surface area is 140 Å². The van der Waals surface area contributed by atoms with E-state index < -0.39 is 0 Å². The first-order chi connectivity index (χ1) is 11.2. The molecule has 0 saturated heterocycles. The third-order valence-corrected chi connectivity index (χ3v) is 4.97. The summed E-state index contributed by atoms with van der Waals surface area (Å²) in [6.45, 7) is 0. The van der Waals surface area contributed by atoms with Gasteiger partial charge in [-0.1, -0.05) is 60.7 Å². The maximum atomic E-state index is 12.3. The molecule has 0 fully saturated rings. The highest BCUT2D eigenvalue weighted by atomic mass is 32.2. The zero-order valence-electron chi connectivity index (χ0n) is 12.7. The summed E-state index contributed by atoms with van der Waals surface area (Å²) in [4.78, 5) is 12.7. The van der Waals surface area contributed by atoms with Crippen molar-refractivity contribution in [1.29, 1.82) is 0 Å². The standard InChI is InChI=1S/C19H19NO2S/c21-17-13-16(15-9-5-2-6-10-15)20-19(22)18(17)23-12-11-14-7-3-1-4-8-14/h1-10,16,21H,11-13H2,(H,20,22). The maximum absolute atomic E-state index is 12.3. The Kier molecular flexibility index (Phi) is 5.03. The third-order valence-electron chi connectivity index (χ3n) is 3.85. The first-order valence-electron chi connectivity index (χ1n) is 7.68. The molecule has 0 aliphatic carbocycles. The van der Waals surface area contributed by atoms with Crippen molar-refractivity contribution in [2.24, 2.45) is 0 Å². The van der Waals surface area contributed by atoms with E-state index in [1.54, 1.807) is 0 Å². The molecule has 1 aliphatic heterocycles. The number of hydrogen-bond donors (Lipinski definition) is 2. The molecule has 1 amide bonds. The zero-order valence-corrected chi connectivity index (χ0v) is 13.6. The quantitative estimate of drug-likeness (QED) is 0.874. The second-order valence-electron chi connectivity index (χ2n) is 5.50. The lowest BCUT2D eigenvalue weighted by atomic mass is 10.00. The predicted molar refractivity (Wildman–Crippen MR) is 94.2 cm³/mol. The van der Waals surface area contributed by atoms with Crippen LogP contribution >= 0.6 is 11.8 Å². The van der Waals surface area contributed by atoms with Crippen molar-refractivity contribution in [1.82, 2.24) is 5.32 Å². The molecule has 2 aromatic rings. The van der Waals surface area contributed by atoms with E-state index in [2.05, 4.69) is 17.4 Å². The van der Waals surface area contributed by atoms with Gasteiger partial charge in [0.2, 0.25) is 0 Å². The van der Waals surface area contributed by atoms with E-state index >= 15 is 0 Å². The average Bonchev–Trinajstić information content (AvgIpc) is 2.59. The zero-order chi connectivity index (χ0) is 16.1. The highest BCUT2D eigenvalue weighted by molar-refractivity contribution is 8.04. The van der Waals surface area contributed by atoms with E-state index in [1.165, 1.54) is 17.3 Å². The monoisotopic (exact) mass is 325 g/mol. The van der Waals surface area contributed by atoms with Crippen LogP contribution in [0.5, 0.6) is 0 Å². The Balaban J connectivity index is 1.62. The van der Waals surface area contributed by atoms with Gasteiger partial charge < -0.3 is 10.4 Å². The van der Waals surface area contributed by atoms with E-state index in [4.69, 9.17) is 0 Å². The molecule has 23 heavy (non-hydrogen) atoms. The largest absolute Gasteiger partial charge is 0.511 e. The van der Waals surface area contributed by atoms with Crippen molar-refractivity contribution >= 4 is 17.7 Å². The van der Waals surface area contributed by atoms with Gasteiger partial charge in [0.25, 0.3) is 5.91 Å². The predicted octanol–water partition coefficient (Wildman–Crippen LogP) is 3.99. The van der Waals surface area contributed by atoms with Gasteiger partial charge in [0, 0.05) is 12.2 Å². The minimum atomic E-state index is -0.180. The number of amides is 1. The minimum Gasteiger partial charge on any atom is -0.511 e. The Morgan fingerprint density at radius 2 is 1.70 bits per heavy atom. The maximum Gasteiger partial charge on any atom is 0.261 e. The fourth-order valence-electron chi connectivity index (χ4n) is 2.64. The Hall–Kier alpha value is -2.20. The fourth-order valence-corrected chi connectivity index (χ4v) is 3.62. The number of carbonyl (C=O) groups is 1. The third kappa shape index (κ3) is 3.96. The number of benzene rings is 2. The van der Waals surface area contributed by atoms with Crippen molar-refractivity contribution < 1.29 is 9.90 Å². The molecule has 0 saturated carbocycles. The van der Waals surface area contributed by atoms with Crippen LogP contribution in [0.4, 0.5) is 0 Å². The van der Waals surface area contributed by atoms with Gasteiger partial charge in [0.15, 0.2) is 0 Å². The van der Waals surface area contributed by atoms with Gasteiger partial charge in [0.05, 0.1) is 6.04 Å². The lowest BCUT2D eigenvalue weighted by Crippen LogP contribution is -2.34. The van der Waals surface area contributed by atoms with Gasteiger partial charge in [-0.2, -0.15) is 0 Å². The summed E-state index contributed by atoms with van der Waals surface area (Å²) in [6.07, 6.45) is 1.32. The highest BCUT2D eigenvalue weighted by Crippen LogP contribution is 2.31. The summed E-state index contributed by atoms with van der Waals surface area (Å²) in [6, 6.07) is 19.7. The molecule has 0 radical (unpaired) electrons. The van der Waals surface area contributed by atoms with Crippen molar-refractivity contribution in [3.8, 4) is 0 Å². The van der Waals surface area contributed by atoms with Crippen LogP contribution < -0.4 is 5.32 Å². The van der Waals surface area contributed by atoms with Gasteiger partial charge >= 0.3 is 0 Å². The molecule has 1 aliphatic rings. The fraction of sp³-hybridized carbons (Fsp3) is 0.211. The molecule has 4 heteroatoms. The molecule has 0 spiro atoms. The van der Waals surface area contributed by atoms with E-state index in [9.17, 15) is 9.90 Å². The number of aliphatic hydroxyl groups is 1. The van der Waals surface area contributed by atoms with Crippen LogP contribution in [0, 0.1) is 0 Å². The number of rotatable bonds is 5. The molecular weight excluding hydrogens is 306 g/mol. The minimum absolute atomic E-state index is 0.151.